The Morgan fingerprint density at radius 3 is 2.14 bits per heavy atom. The minimum atomic E-state index is -0.319. The summed E-state index contributed by atoms with van der Waals surface area (Å²) >= 11 is 0. The quantitative estimate of drug-likeness (QED) is 0.645. The van der Waals surface area contributed by atoms with Crippen LogP contribution in [0.25, 0.3) is 0 Å². The van der Waals surface area contributed by atoms with Crippen LogP contribution in [0.2, 0.25) is 0 Å². The van der Waals surface area contributed by atoms with Gasteiger partial charge < -0.3 is 20.1 Å². The number of benzene rings is 2. The Hall–Kier alpha value is -3.87. The molecule has 29 heavy (non-hydrogen) atoms. The molecule has 0 aliphatic rings. The molecule has 0 fully saturated rings. The number of hydrogen-bond acceptors (Lipinski definition) is 5. The predicted octanol–water partition coefficient (Wildman–Crippen LogP) is 3.28. The zero-order valence-corrected chi connectivity index (χ0v) is 16.1. The van der Waals surface area contributed by atoms with Crippen molar-refractivity contribution in [2.75, 3.05) is 19.5 Å². The molecular weight excluding hydrogens is 370 g/mol. The van der Waals surface area contributed by atoms with E-state index in [1.807, 2.05) is 12.1 Å². The van der Waals surface area contributed by atoms with Gasteiger partial charge in [-0.05, 0) is 54.1 Å². The summed E-state index contributed by atoms with van der Waals surface area (Å²) in [6.07, 6.45) is 3.35. The van der Waals surface area contributed by atoms with E-state index in [1.165, 1.54) is 7.11 Å². The summed E-state index contributed by atoms with van der Waals surface area (Å²) in [5.74, 6) is 0.581. The number of nitrogens with one attached hydrogen (secondary N) is 2. The average Bonchev–Trinajstić information content (AvgIpc) is 2.78. The summed E-state index contributed by atoms with van der Waals surface area (Å²) in [5.41, 5.74) is 2.34. The lowest BCUT2D eigenvalue weighted by molar-refractivity contribution is 0.0949. The Kier molecular flexibility index (Phi) is 6.42. The molecule has 2 aromatic carbocycles. The van der Waals surface area contributed by atoms with Gasteiger partial charge in [-0.15, -0.1) is 0 Å². The first-order chi connectivity index (χ1) is 14.1. The molecule has 0 radical (unpaired) electrons. The number of amides is 2. The van der Waals surface area contributed by atoms with Crippen LogP contribution in [0, 0.1) is 0 Å². The molecule has 2 N–H and O–H groups in total. The van der Waals surface area contributed by atoms with Gasteiger partial charge in [0.2, 0.25) is 0 Å². The fraction of sp³-hybridized carbons (Fsp3) is 0.136. The first kappa shape index (κ1) is 19.9. The molecular formula is C22H21N3O4. The van der Waals surface area contributed by atoms with Crippen LogP contribution in [0.1, 0.15) is 26.3 Å². The zero-order valence-electron chi connectivity index (χ0n) is 16.1. The molecule has 0 saturated carbocycles. The molecule has 3 rings (SSSR count). The number of carbonyl (C=O) groups is 2. The minimum absolute atomic E-state index is 0.219. The standard InChI is InChI=1S/C22H21N3O4/c1-28-18-7-8-20(29-2)19(13-18)25-22(27)17-5-3-16(4-6-17)21(26)24-14-15-9-11-23-12-10-15/h3-13H,14H2,1-2H3,(H,24,26)(H,25,27). The van der Waals surface area contributed by atoms with Crippen molar-refractivity contribution in [3.63, 3.8) is 0 Å². The molecule has 7 heteroatoms. The molecule has 0 aliphatic heterocycles. The molecule has 1 aromatic heterocycles. The van der Waals surface area contributed by atoms with Crippen LogP contribution in [-0.2, 0) is 6.54 Å². The van der Waals surface area contributed by atoms with Crippen LogP contribution in [0.5, 0.6) is 11.5 Å². The SMILES string of the molecule is COc1ccc(OC)c(NC(=O)c2ccc(C(=O)NCc3ccncc3)cc2)c1. The first-order valence-electron chi connectivity index (χ1n) is 8.91. The van der Waals surface area contributed by atoms with E-state index in [4.69, 9.17) is 9.47 Å². The van der Waals surface area contributed by atoms with E-state index in [0.717, 1.165) is 5.56 Å². The second-order valence-electron chi connectivity index (χ2n) is 6.14. The van der Waals surface area contributed by atoms with Crippen molar-refractivity contribution in [3.05, 3.63) is 83.7 Å². The normalized spacial score (nSPS) is 10.1. The molecule has 1 heterocycles. The van der Waals surface area contributed by atoms with Crippen LogP contribution in [0.3, 0.4) is 0 Å². The van der Waals surface area contributed by atoms with Gasteiger partial charge in [0.15, 0.2) is 0 Å². The van der Waals surface area contributed by atoms with Crippen LogP contribution < -0.4 is 20.1 Å². The number of anilines is 1. The van der Waals surface area contributed by atoms with E-state index in [2.05, 4.69) is 15.6 Å². The van der Waals surface area contributed by atoms with Crippen LogP contribution in [0.4, 0.5) is 5.69 Å². The van der Waals surface area contributed by atoms with Crippen LogP contribution in [0.15, 0.2) is 67.0 Å². The lowest BCUT2D eigenvalue weighted by Crippen LogP contribution is -2.23. The van der Waals surface area contributed by atoms with E-state index in [9.17, 15) is 9.59 Å². The molecule has 7 nitrogen and oxygen atoms in total. The highest BCUT2D eigenvalue weighted by Crippen LogP contribution is 2.29. The van der Waals surface area contributed by atoms with Gasteiger partial charge in [-0.1, -0.05) is 0 Å². The number of pyridine rings is 1. The Bertz CT molecular complexity index is 989. The summed E-state index contributed by atoms with van der Waals surface area (Å²) < 4.78 is 10.5. The van der Waals surface area contributed by atoms with Gasteiger partial charge in [0.25, 0.3) is 11.8 Å². The number of hydrogen-bond donors (Lipinski definition) is 2. The summed E-state index contributed by atoms with van der Waals surface area (Å²) in [4.78, 5) is 28.8. The van der Waals surface area contributed by atoms with E-state index < -0.39 is 0 Å². The van der Waals surface area contributed by atoms with Crippen LogP contribution >= 0.6 is 0 Å². The van der Waals surface area contributed by atoms with E-state index in [0.29, 0.717) is 34.9 Å². The third kappa shape index (κ3) is 5.10. The van der Waals surface area contributed by atoms with E-state index >= 15 is 0 Å². The van der Waals surface area contributed by atoms with E-state index in [-0.39, 0.29) is 11.8 Å². The highest BCUT2D eigenvalue weighted by Gasteiger charge is 2.12. The van der Waals surface area contributed by atoms with Crippen molar-refractivity contribution in [2.45, 2.75) is 6.54 Å². The summed E-state index contributed by atoms with van der Waals surface area (Å²) in [5, 5.41) is 5.63. The molecule has 0 spiro atoms. The van der Waals surface area contributed by atoms with Crippen molar-refractivity contribution in [1.29, 1.82) is 0 Å². The Labute approximate surface area is 168 Å². The Morgan fingerprint density at radius 2 is 1.52 bits per heavy atom. The summed E-state index contributed by atoms with van der Waals surface area (Å²) in [6, 6.07) is 15.2. The van der Waals surface area contributed by atoms with Crippen molar-refractivity contribution in [1.82, 2.24) is 10.3 Å². The number of carbonyl (C=O) groups excluding carboxylic acids is 2. The number of aromatic nitrogens is 1. The maximum Gasteiger partial charge on any atom is 0.255 e. The number of methoxy groups -OCH3 is 2. The lowest BCUT2D eigenvalue weighted by atomic mass is 10.1. The monoisotopic (exact) mass is 391 g/mol. The highest BCUT2D eigenvalue weighted by molar-refractivity contribution is 6.05. The van der Waals surface area contributed by atoms with E-state index in [1.54, 1.807) is 62.0 Å². The third-order valence-corrected chi connectivity index (χ3v) is 4.27. The fourth-order valence-corrected chi connectivity index (χ4v) is 2.66. The molecule has 0 atom stereocenters. The van der Waals surface area contributed by atoms with Gasteiger partial charge in [-0.25, -0.2) is 0 Å². The van der Waals surface area contributed by atoms with Gasteiger partial charge in [0.1, 0.15) is 11.5 Å². The van der Waals surface area contributed by atoms with Gasteiger partial charge in [-0.2, -0.15) is 0 Å². The van der Waals surface area contributed by atoms with Gasteiger partial charge >= 0.3 is 0 Å². The molecule has 0 aliphatic carbocycles. The number of rotatable bonds is 7. The third-order valence-electron chi connectivity index (χ3n) is 4.27. The van der Waals surface area contributed by atoms with Crippen molar-refractivity contribution in [2.24, 2.45) is 0 Å². The predicted molar refractivity (Wildman–Crippen MR) is 109 cm³/mol. The largest absolute Gasteiger partial charge is 0.497 e. The maximum absolute atomic E-state index is 12.6. The smallest absolute Gasteiger partial charge is 0.255 e. The molecule has 2 amide bonds. The van der Waals surface area contributed by atoms with Gasteiger partial charge in [0.05, 0.1) is 19.9 Å². The number of ether oxygens (including phenoxy) is 2. The Morgan fingerprint density at radius 1 is 0.862 bits per heavy atom. The van der Waals surface area contributed by atoms with Crippen molar-refractivity contribution in [3.8, 4) is 11.5 Å². The maximum atomic E-state index is 12.6. The fourth-order valence-electron chi connectivity index (χ4n) is 2.66. The second kappa shape index (κ2) is 9.36. The molecule has 0 bridgehead atoms. The second-order valence-corrected chi connectivity index (χ2v) is 6.14. The molecule has 0 unspecified atom stereocenters. The molecule has 148 valence electrons. The van der Waals surface area contributed by atoms with Gasteiger partial charge in [-0.3, -0.25) is 14.6 Å². The average molecular weight is 391 g/mol. The summed E-state index contributed by atoms with van der Waals surface area (Å²) in [7, 11) is 3.07. The summed E-state index contributed by atoms with van der Waals surface area (Å²) in [6.45, 7) is 0.402. The highest BCUT2D eigenvalue weighted by atomic mass is 16.5. The van der Waals surface area contributed by atoms with Crippen molar-refractivity contribution >= 4 is 17.5 Å². The molecule has 0 saturated heterocycles. The van der Waals surface area contributed by atoms with Gasteiger partial charge in [0, 0.05) is 36.1 Å². The van der Waals surface area contributed by atoms with Crippen LogP contribution in [-0.4, -0.2) is 31.0 Å². The van der Waals surface area contributed by atoms with Crippen molar-refractivity contribution < 1.29 is 19.1 Å². The zero-order chi connectivity index (χ0) is 20.6. The Balaban J connectivity index is 1.65. The topological polar surface area (TPSA) is 89.5 Å². The first-order valence-corrected chi connectivity index (χ1v) is 8.91. The lowest BCUT2D eigenvalue weighted by Gasteiger charge is -2.12. The molecule has 3 aromatic rings. The minimum Gasteiger partial charge on any atom is -0.497 e. The number of nitrogens with zero attached hydrogens (tertiary/aromatic N) is 1.